The molecule has 0 aromatic carbocycles. The first-order valence-corrected chi connectivity index (χ1v) is 5.50. The highest BCUT2D eigenvalue weighted by molar-refractivity contribution is 5.89. The van der Waals surface area contributed by atoms with E-state index in [9.17, 15) is 4.79 Å². The largest absolute Gasteiger partial charge is 0.323 e. The maximum Gasteiger partial charge on any atom is 0.323 e. The van der Waals surface area contributed by atoms with Gasteiger partial charge in [0.2, 0.25) is 0 Å². The van der Waals surface area contributed by atoms with Gasteiger partial charge in [0.1, 0.15) is 0 Å². The Morgan fingerprint density at radius 3 is 2.88 bits per heavy atom. The first kappa shape index (κ1) is 10.7. The Balaban J connectivity index is 1.82. The minimum Gasteiger partial charge on any atom is -0.314 e. The Bertz CT molecular complexity index is 379. The van der Waals surface area contributed by atoms with E-state index in [-0.39, 0.29) is 6.03 Å². The highest BCUT2D eigenvalue weighted by Crippen LogP contribution is 2.22. The lowest BCUT2D eigenvalue weighted by Crippen LogP contribution is -2.24. The van der Waals surface area contributed by atoms with Crippen molar-refractivity contribution in [2.45, 2.75) is 25.7 Å². The number of carbonyl (C=O) groups is 1. The molecule has 84 valence electrons. The fraction of sp³-hybridized carbons (Fsp3) is 0.333. The molecule has 1 aliphatic carbocycles. The molecule has 4 nitrogen and oxygen atoms in total. The van der Waals surface area contributed by atoms with Gasteiger partial charge in [0, 0.05) is 12.4 Å². The fourth-order valence-corrected chi connectivity index (χ4v) is 1.74. The van der Waals surface area contributed by atoms with E-state index in [0.717, 1.165) is 12.8 Å². The van der Waals surface area contributed by atoms with E-state index in [1.807, 2.05) is 6.20 Å². The summed E-state index contributed by atoms with van der Waals surface area (Å²) in [4.78, 5) is 15.4. The van der Waals surface area contributed by atoms with Crippen LogP contribution in [0.5, 0.6) is 0 Å². The Hall–Kier alpha value is -1.84. The van der Waals surface area contributed by atoms with Crippen LogP contribution < -0.4 is 10.6 Å². The van der Waals surface area contributed by atoms with Crippen molar-refractivity contribution < 1.29 is 4.79 Å². The number of nitrogens with zero attached hydrogens (tertiary/aromatic N) is 1. The van der Waals surface area contributed by atoms with E-state index >= 15 is 0 Å². The summed E-state index contributed by atoms with van der Waals surface area (Å²) in [5.74, 6) is 0. The second kappa shape index (κ2) is 5.30. The van der Waals surface area contributed by atoms with Crippen LogP contribution in [0.3, 0.4) is 0 Å². The van der Waals surface area contributed by atoms with Crippen molar-refractivity contribution in [2.75, 3.05) is 5.32 Å². The summed E-state index contributed by atoms with van der Waals surface area (Å²) in [7, 11) is 0. The molecule has 1 aromatic rings. The van der Waals surface area contributed by atoms with Crippen LogP contribution in [0.2, 0.25) is 0 Å². The normalized spacial score (nSPS) is 14.6. The molecule has 0 atom stereocenters. The standard InChI is InChI=1S/C12H15N3O/c16-12(14-8-10-4-1-2-5-10)15-11-6-3-7-13-9-11/h3,6-9H,1-2,4-5H2,(H2,14,15,16). The van der Waals surface area contributed by atoms with Crippen molar-refractivity contribution in [1.29, 1.82) is 0 Å². The molecule has 1 aromatic heterocycles. The molecule has 4 heteroatoms. The average molecular weight is 217 g/mol. The highest BCUT2D eigenvalue weighted by Gasteiger charge is 2.06. The van der Waals surface area contributed by atoms with Crippen molar-refractivity contribution in [3.8, 4) is 0 Å². The summed E-state index contributed by atoms with van der Waals surface area (Å²) in [6, 6.07) is 3.37. The van der Waals surface area contributed by atoms with Crippen LogP contribution in [0.15, 0.2) is 36.3 Å². The molecule has 2 amide bonds. The maximum atomic E-state index is 11.5. The Morgan fingerprint density at radius 1 is 1.38 bits per heavy atom. The van der Waals surface area contributed by atoms with Crippen LogP contribution in [0, 0.1) is 0 Å². The first-order chi connectivity index (χ1) is 7.84. The molecule has 0 saturated heterocycles. The second-order valence-corrected chi connectivity index (χ2v) is 3.85. The SMILES string of the molecule is O=C(NC=C1CCCC1)Nc1cccnc1. The van der Waals surface area contributed by atoms with E-state index in [1.54, 1.807) is 24.5 Å². The van der Waals surface area contributed by atoms with Crippen LogP contribution in [-0.2, 0) is 0 Å². The van der Waals surface area contributed by atoms with E-state index in [2.05, 4.69) is 15.6 Å². The zero-order chi connectivity index (χ0) is 11.2. The summed E-state index contributed by atoms with van der Waals surface area (Å²) < 4.78 is 0. The van der Waals surface area contributed by atoms with Crippen molar-refractivity contribution in [2.24, 2.45) is 0 Å². The minimum atomic E-state index is -0.215. The predicted molar refractivity (Wildman–Crippen MR) is 62.9 cm³/mol. The molecule has 0 aliphatic heterocycles. The van der Waals surface area contributed by atoms with Crippen molar-refractivity contribution in [3.63, 3.8) is 0 Å². The molecule has 2 N–H and O–H groups in total. The quantitative estimate of drug-likeness (QED) is 0.800. The van der Waals surface area contributed by atoms with Gasteiger partial charge in [-0.15, -0.1) is 0 Å². The van der Waals surface area contributed by atoms with Crippen molar-refractivity contribution in [3.05, 3.63) is 36.3 Å². The topological polar surface area (TPSA) is 54.0 Å². The Morgan fingerprint density at radius 2 is 2.19 bits per heavy atom. The molecule has 0 spiro atoms. The number of allylic oxidation sites excluding steroid dienone is 1. The number of aromatic nitrogens is 1. The van der Waals surface area contributed by atoms with Gasteiger partial charge in [-0.1, -0.05) is 5.57 Å². The summed E-state index contributed by atoms with van der Waals surface area (Å²) in [5.41, 5.74) is 2.02. The molecule has 1 saturated carbocycles. The number of pyridine rings is 1. The molecule has 0 radical (unpaired) electrons. The predicted octanol–water partition coefficient (Wildman–Crippen LogP) is 2.66. The number of hydrogen-bond donors (Lipinski definition) is 2. The third kappa shape index (κ3) is 3.08. The molecule has 0 bridgehead atoms. The van der Waals surface area contributed by atoms with Crippen LogP contribution in [0.4, 0.5) is 10.5 Å². The van der Waals surface area contributed by atoms with Gasteiger partial charge in [0.15, 0.2) is 0 Å². The van der Waals surface area contributed by atoms with Gasteiger partial charge in [-0.2, -0.15) is 0 Å². The zero-order valence-electron chi connectivity index (χ0n) is 9.07. The molecular weight excluding hydrogens is 202 g/mol. The minimum absolute atomic E-state index is 0.215. The monoisotopic (exact) mass is 217 g/mol. The Labute approximate surface area is 94.8 Å². The van der Waals surface area contributed by atoms with E-state index < -0.39 is 0 Å². The smallest absolute Gasteiger partial charge is 0.314 e. The number of nitrogens with one attached hydrogen (secondary N) is 2. The first-order valence-electron chi connectivity index (χ1n) is 5.50. The molecule has 2 rings (SSSR count). The summed E-state index contributed by atoms with van der Waals surface area (Å²) in [6.07, 6.45) is 9.78. The molecule has 1 aliphatic rings. The van der Waals surface area contributed by atoms with Crippen LogP contribution >= 0.6 is 0 Å². The molecule has 1 heterocycles. The fourth-order valence-electron chi connectivity index (χ4n) is 1.74. The van der Waals surface area contributed by atoms with Gasteiger partial charge in [-0.05, 0) is 37.8 Å². The molecular formula is C12H15N3O. The Kier molecular flexibility index (Phi) is 3.53. The molecule has 0 unspecified atom stereocenters. The van der Waals surface area contributed by atoms with Crippen LogP contribution in [-0.4, -0.2) is 11.0 Å². The van der Waals surface area contributed by atoms with Crippen molar-refractivity contribution >= 4 is 11.7 Å². The van der Waals surface area contributed by atoms with Gasteiger partial charge in [0.05, 0.1) is 11.9 Å². The molecule has 1 fully saturated rings. The zero-order valence-corrected chi connectivity index (χ0v) is 9.07. The summed E-state index contributed by atoms with van der Waals surface area (Å²) in [6.45, 7) is 0. The van der Waals surface area contributed by atoms with Crippen LogP contribution in [0.1, 0.15) is 25.7 Å². The van der Waals surface area contributed by atoms with E-state index in [1.165, 1.54) is 18.4 Å². The second-order valence-electron chi connectivity index (χ2n) is 3.85. The van der Waals surface area contributed by atoms with Gasteiger partial charge in [0.25, 0.3) is 0 Å². The van der Waals surface area contributed by atoms with Gasteiger partial charge < -0.3 is 10.6 Å². The summed E-state index contributed by atoms with van der Waals surface area (Å²) >= 11 is 0. The maximum absolute atomic E-state index is 11.5. The third-order valence-corrected chi connectivity index (χ3v) is 2.57. The van der Waals surface area contributed by atoms with Crippen LogP contribution in [0.25, 0.3) is 0 Å². The number of anilines is 1. The van der Waals surface area contributed by atoms with Gasteiger partial charge in [-0.25, -0.2) is 4.79 Å². The number of rotatable bonds is 2. The third-order valence-electron chi connectivity index (χ3n) is 2.57. The van der Waals surface area contributed by atoms with Gasteiger partial charge >= 0.3 is 6.03 Å². The average Bonchev–Trinajstić information content (AvgIpc) is 2.81. The summed E-state index contributed by atoms with van der Waals surface area (Å²) in [5, 5.41) is 5.44. The van der Waals surface area contributed by atoms with Gasteiger partial charge in [-0.3, -0.25) is 4.98 Å². The lowest BCUT2D eigenvalue weighted by Gasteiger charge is -2.04. The highest BCUT2D eigenvalue weighted by atomic mass is 16.2. The lowest BCUT2D eigenvalue weighted by atomic mass is 10.2. The number of urea groups is 1. The molecule has 16 heavy (non-hydrogen) atoms. The number of hydrogen-bond acceptors (Lipinski definition) is 2. The number of carbonyl (C=O) groups excluding carboxylic acids is 1. The van der Waals surface area contributed by atoms with Crippen molar-refractivity contribution in [1.82, 2.24) is 10.3 Å². The number of amides is 2. The lowest BCUT2D eigenvalue weighted by molar-refractivity contribution is 0.255. The van der Waals surface area contributed by atoms with E-state index in [0.29, 0.717) is 5.69 Å². The van der Waals surface area contributed by atoms with E-state index in [4.69, 9.17) is 0 Å².